The molecule has 0 aromatic carbocycles. The van der Waals surface area contributed by atoms with Crippen molar-refractivity contribution in [2.45, 2.75) is 69.9 Å². The van der Waals surface area contributed by atoms with Crippen LogP contribution in [0.15, 0.2) is 4.99 Å². The Balaban J connectivity index is 0.00000338. The third kappa shape index (κ3) is 8.71. The van der Waals surface area contributed by atoms with Gasteiger partial charge in [0.25, 0.3) is 0 Å². The molecule has 0 aromatic heterocycles. The quantitative estimate of drug-likeness (QED) is 0.215. The highest BCUT2D eigenvalue weighted by Crippen LogP contribution is 2.28. The van der Waals surface area contributed by atoms with Crippen LogP contribution in [0.2, 0.25) is 0 Å². The van der Waals surface area contributed by atoms with Crippen LogP contribution in [-0.2, 0) is 4.74 Å². The number of halogens is 1. The van der Waals surface area contributed by atoms with Gasteiger partial charge in [0.2, 0.25) is 0 Å². The molecule has 0 bridgehead atoms. The van der Waals surface area contributed by atoms with Crippen LogP contribution in [0.4, 0.5) is 0 Å². The van der Waals surface area contributed by atoms with Gasteiger partial charge in [-0.25, -0.2) is 0 Å². The monoisotopic (exact) mass is 482 g/mol. The average Bonchev–Trinajstić information content (AvgIpc) is 2.62. The van der Waals surface area contributed by atoms with E-state index in [0.29, 0.717) is 12.6 Å². The van der Waals surface area contributed by atoms with Crippen molar-refractivity contribution >= 4 is 29.9 Å². The molecule has 2 fully saturated rings. The fourth-order valence-electron chi connectivity index (χ4n) is 3.84. The molecular formula is C19H39IN4O2. The predicted octanol–water partition coefficient (Wildman–Crippen LogP) is 2.36. The van der Waals surface area contributed by atoms with Gasteiger partial charge in [0.1, 0.15) is 0 Å². The Morgan fingerprint density at radius 2 is 1.92 bits per heavy atom. The Morgan fingerprint density at radius 3 is 2.54 bits per heavy atom. The zero-order valence-corrected chi connectivity index (χ0v) is 19.0. The van der Waals surface area contributed by atoms with Gasteiger partial charge in [0.15, 0.2) is 5.96 Å². The summed E-state index contributed by atoms with van der Waals surface area (Å²) in [6.45, 7) is 7.68. The second-order valence-corrected chi connectivity index (χ2v) is 7.59. The number of hydrogen-bond donors (Lipinski definition) is 3. The lowest BCUT2D eigenvalue weighted by molar-refractivity contribution is 0.0131. The molecule has 0 amide bonds. The van der Waals surface area contributed by atoms with Gasteiger partial charge < -0.3 is 25.4 Å². The molecule has 1 heterocycles. The number of piperidine rings is 1. The standard InChI is InChI=1S/C19H38N4O2.HI/c1-3-20-18(21-16-19(24)10-5-4-6-11-19)22-17-8-13-23(14-9-17)12-7-15-25-2;/h17,24H,3-16H2,1-2H3,(H2,20,21,22);1H. The molecule has 2 aliphatic rings. The third-order valence-electron chi connectivity index (χ3n) is 5.41. The summed E-state index contributed by atoms with van der Waals surface area (Å²) in [6.07, 6.45) is 8.65. The minimum absolute atomic E-state index is 0. The van der Waals surface area contributed by atoms with E-state index in [1.165, 1.54) is 6.42 Å². The van der Waals surface area contributed by atoms with Crippen molar-refractivity contribution in [3.05, 3.63) is 0 Å². The van der Waals surface area contributed by atoms with Gasteiger partial charge in [0, 0.05) is 45.9 Å². The number of ether oxygens (including phenoxy) is 1. The minimum Gasteiger partial charge on any atom is -0.388 e. The van der Waals surface area contributed by atoms with Crippen LogP contribution in [0.5, 0.6) is 0 Å². The van der Waals surface area contributed by atoms with E-state index in [2.05, 4.69) is 22.5 Å². The van der Waals surface area contributed by atoms with Gasteiger partial charge in [-0.1, -0.05) is 19.3 Å². The van der Waals surface area contributed by atoms with Crippen LogP contribution in [0, 0.1) is 0 Å². The minimum atomic E-state index is -0.592. The highest BCUT2D eigenvalue weighted by molar-refractivity contribution is 14.0. The van der Waals surface area contributed by atoms with Gasteiger partial charge in [-0.3, -0.25) is 4.99 Å². The molecule has 1 aliphatic heterocycles. The number of likely N-dealkylation sites (tertiary alicyclic amines) is 1. The Morgan fingerprint density at radius 1 is 1.23 bits per heavy atom. The van der Waals surface area contributed by atoms with E-state index >= 15 is 0 Å². The number of guanidine groups is 1. The van der Waals surface area contributed by atoms with Crippen molar-refractivity contribution in [3.63, 3.8) is 0 Å². The van der Waals surface area contributed by atoms with E-state index in [9.17, 15) is 5.11 Å². The van der Waals surface area contributed by atoms with E-state index in [1.807, 2.05) is 0 Å². The van der Waals surface area contributed by atoms with Gasteiger partial charge in [-0.2, -0.15) is 0 Å². The van der Waals surface area contributed by atoms with Gasteiger partial charge >= 0.3 is 0 Å². The molecule has 0 spiro atoms. The number of aliphatic imine (C=N–C) groups is 1. The van der Waals surface area contributed by atoms with E-state index in [0.717, 1.165) is 83.7 Å². The van der Waals surface area contributed by atoms with Gasteiger partial charge in [0.05, 0.1) is 12.1 Å². The second-order valence-electron chi connectivity index (χ2n) is 7.59. The van der Waals surface area contributed by atoms with Crippen molar-refractivity contribution in [3.8, 4) is 0 Å². The normalized spacial score (nSPS) is 21.9. The summed E-state index contributed by atoms with van der Waals surface area (Å²) in [6, 6.07) is 0.470. The summed E-state index contributed by atoms with van der Waals surface area (Å²) in [5.41, 5.74) is -0.592. The molecule has 6 nitrogen and oxygen atoms in total. The number of methoxy groups -OCH3 is 1. The Labute approximate surface area is 176 Å². The molecule has 1 aliphatic carbocycles. The molecule has 1 saturated carbocycles. The maximum absolute atomic E-state index is 10.7. The lowest BCUT2D eigenvalue weighted by Gasteiger charge is -2.34. The first kappa shape index (κ1) is 23.9. The predicted molar refractivity (Wildman–Crippen MR) is 119 cm³/mol. The lowest BCUT2D eigenvalue weighted by Crippen LogP contribution is -2.49. The van der Waals surface area contributed by atoms with E-state index in [-0.39, 0.29) is 24.0 Å². The first-order chi connectivity index (χ1) is 12.1. The summed E-state index contributed by atoms with van der Waals surface area (Å²) in [7, 11) is 1.77. The zero-order chi connectivity index (χ0) is 18.0. The summed E-state index contributed by atoms with van der Waals surface area (Å²) < 4.78 is 5.14. The molecule has 154 valence electrons. The van der Waals surface area contributed by atoms with Gasteiger partial charge in [-0.15, -0.1) is 24.0 Å². The van der Waals surface area contributed by atoms with Crippen LogP contribution in [0.3, 0.4) is 0 Å². The smallest absolute Gasteiger partial charge is 0.191 e. The zero-order valence-electron chi connectivity index (χ0n) is 16.6. The van der Waals surface area contributed by atoms with Crippen LogP contribution in [0.1, 0.15) is 58.3 Å². The van der Waals surface area contributed by atoms with E-state index < -0.39 is 5.60 Å². The van der Waals surface area contributed by atoms with Crippen molar-refractivity contribution in [2.75, 3.05) is 46.4 Å². The maximum atomic E-state index is 10.7. The molecule has 26 heavy (non-hydrogen) atoms. The van der Waals surface area contributed by atoms with Crippen LogP contribution < -0.4 is 10.6 Å². The Bertz CT molecular complexity index is 395. The highest BCUT2D eigenvalue weighted by atomic mass is 127. The van der Waals surface area contributed by atoms with Crippen molar-refractivity contribution < 1.29 is 9.84 Å². The first-order valence-corrected chi connectivity index (χ1v) is 10.1. The SMILES string of the molecule is CCNC(=NCC1(O)CCCCC1)NC1CCN(CCCOC)CC1.I. The Kier molecular flexibility index (Phi) is 12.1. The van der Waals surface area contributed by atoms with Crippen molar-refractivity contribution in [2.24, 2.45) is 4.99 Å². The molecule has 0 radical (unpaired) electrons. The van der Waals surface area contributed by atoms with E-state index in [1.54, 1.807) is 7.11 Å². The number of rotatable bonds is 8. The summed E-state index contributed by atoms with van der Waals surface area (Å²) in [5, 5.41) is 17.6. The number of aliphatic hydroxyl groups is 1. The molecule has 0 atom stereocenters. The van der Waals surface area contributed by atoms with Crippen LogP contribution >= 0.6 is 24.0 Å². The average molecular weight is 482 g/mol. The number of nitrogens with one attached hydrogen (secondary N) is 2. The fraction of sp³-hybridized carbons (Fsp3) is 0.947. The van der Waals surface area contributed by atoms with Crippen molar-refractivity contribution in [1.82, 2.24) is 15.5 Å². The molecule has 0 unspecified atom stereocenters. The van der Waals surface area contributed by atoms with Crippen LogP contribution in [0.25, 0.3) is 0 Å². The topological polar surface area (TPSA) is 69.1 Å². The number of hydrogen-bond acceptors (Lipinski definition) is 4. The molecular weight excluding hydrogens is 443 g/mol. The van der Waals surface area contributed by atoms with Crippen molar-refractivity contribution in [1.29, 1.82) is 0 Å². The molecule has 2 rings (SSSR count). The summed E-state index contributed by atoms with van der Waals surface area (Å²) in [4.78, 5) is 7.22. The third-order valence-corrected chi connectivity index (χ3v) is 5.41. The number of nitrogens with zero attached hydrogens (tertiary/aromatic N) is 2. The first-order valence-electron chi connectivity index (χ1n) is 10.1. The molecule has 1 saturated heterocycles. The van der Waals surface area contributed by atoms with E-state index in [4.69, 9.17) is 9.73 Å². The molecule has 0 aromatic rings. The van der Waals surface area contributed by atoms with Crippen LogP contribution in [-0.4, -0.2) is 74.0 Å². The summed E-state index contributed by atoms with van der Waals surface area (Å²) >= 11 is 0. The lowest BCUT2D eigenvalue weighted by atomic mass is 9.85. The largest absolute Gasteiger partial charge is 0.388 e. The second kappa shape index (κ2) is 13.1. The molecule has 3 N–H and O–H groups in total. The maximum Gasteiger partial charge on any atom is 0.191 e. The Hall–Kier alpha value is -0.120. The highest BCUT2D eigenvalue weighted by Gasteiger charge is 2.29. The summed E-state index contributed by atoms with van der Waals surface area (Å²) in [5.74, 6) is 0.860. The van der Waals surface area contributed by atoms with Gasteiger partial charge in [-0.05, 0) is 39.0 Å². The fourth-order valence-corrected chi connectivity index (χ4v) is 3.84. The molecule has 7 heteroatoms.